The maximum absolute atomic E-state index is 15.5. The molecule has 1 aliphatic rings. The van der Waals surface area contributed by atoms with E-state index in [0.29, 0.717) is 0 Å². The zero-order valence-corrected chi connectivity index (χ0v) is 22.2. The zero-order valence-electron chi connectivity index (χ0n) is 22.2. The maximum atomic E-state index is 15.5. The number of hydrogen-bond donors (Lipinski definition) is 0. The second-order valence-electron chi connectivity index (χ2n) is 9.33. The molecule has 1 saturated heterocycles. The summed E-state index contributed by atoms with van der Waals surface area (Å²) in [5.41, 5.74) is 2.73. The molecule has 8 heteroatoms. The number of alkyl halides is 1. The van der Waals surface area contributed by atoms with Crippen molar-refractivity contribution >= 4 is 5.97 Å². The van der Waals surface area contributed by atoms with E-state index in [2.05, 4.69) is 0 Å². The molecule has 0 bridgehead atoms. The average Bonchev–Trinajstić information content (AvgIpc) is 2.96. The smallest absolute Gasteiger partial charge is 0.305 e. The highest BCUT2D eigenvalue weighted by atomic mass is 19.1. The van der Waals surface area contributed by atoms with Crippen molar-refractivity contribution in [1.82, 2.24) is 0 Å². The molecule has 7 nitrogen and oxygen atoms in total. The van der Waals surface area contributed by atoms with E-state index in [-0.39, 0.29) is 26.4 Å². The number of carbonyl (C=O) groups is 1. The summed E-state index contributed by atoms with van der Waals surface area (Å²) in [6.45, 7) is 1.64. The number of halogens is 1. The monoisotopic (exact) mass is 538 g/mol. The van der Waals surface area contributed by atoms with Gasteiger partial charge in [-0.05, 0) is 16.7 Å². The van der Waals surface area contributed by atoms with E-state index >= 15 is 4.39 Å². The van der Waals surface area contributed by atoms with Crippen molar-refractivity contribution in [2.45, 2.75) is 63.6 Å². The van der Waals surface area contributed by atoms with Gasteiger partial charge in [-0.1, -0.05) is 91.0 Å². The van der Waals surface area contributed by atoms with Crippen LogP contribution < -0.4 is 0 Å². The van der Waals surface area contributed by atoms with Crippen molar-refractivity contribution in [2.24, 2.45) is 0 Å². The summed E-state index contributed by atoms with van der Waals surface area (Å²) in [5.74, 6) is -0.584. The molecule has 0 aromatic heterocycles. The van der Waals surface area contributed by atoms with E-state index in [1.807, 2.05) is 91.0 Å². The van der Waals surface area contributed by atoms with Crippen LogP contribution in [0, 0.1) is 0 Å². The van der Waals surface area contributed by atoms with Gasteiger partial charge in [-0.3, -0.25) is 4.79 Å². The highest BCUT2D eigenvalue weighted by Gasteiger charge is 2.52. The normalized spacial score (nSPS) is 23.7. The van der Waals surface area contributed by atoms with E-state index in [0.717, 1.165) is 16.7 Å². The molecule has 1 fully saturated rings. The predicted octanol–water partition coefficient (Wildman–Crippen LogP) is 5.02. The Balaban J connectivity index is 1.66. The largest absolute Gasteiger partial charge is 0.433 e. The lowest BCUT2D eigenvalue weighted by atomic mass is 9.95. The first-order valence-electron chi connectivity index (χ1n) is 13.0. The van der Waals surface area contributed by atoms with Crippen LogP contribution in [0.25, 0.3) is 0 Å². The van der Waals surface area contributed by atoms with Crippen LogP contribution in [0.2, 0.25) is 0 Å². The molecular weight excluding hydrogens is 503 g/mol. The molecule has 3 aromatic carbocycles. The molecule has 6 atom stereocenters. The summed E-state index contributed by atoms with van der Waals surface area (Å²) >= 11 is 0. The van der Waals surface area contributed by atoms with Crippen molar-refractivity contribution in [3.63, 3.8) is 0 Å². The topological polar surface area (TPSA) is 72.5 Å². The third kappa shape index (κ3) is 8.42. The summed E-state index contributed by atoms with van der Waals surface area (Å²) in [6.07, 6.45) is -6.57. The molecule has 0 spiro atoms. The molecule has 4 rings (SSSR count). The number of rotatable bonds is 13. The lowest BCUT2D eigenvalue weighted by Gasteiger charge is -2.46. The van der Waals surface area contributed by atoms with E-state index < -0.39 is 42.8 Å². The summed E-state index contributed by atoms with van der Waals surface area (Å²) in [5, 5.41) is 0. The summed E-state index contributed by atoms with van der Waals surface area (Å²) in [6, 6.07) is 28.7. The molecule has 0 amide bonds. The van der Waals surface area contributed by atoms with Crippen molar-refractivity contribution in [2.75, 3.05) is 13.7 Å². The standard InChI is InChI=1S/C31H35FO7/c1-22(33)38-31-30(37-20-25-16-10-5-11-17-25)29(36-19-24-14-8-4-9-15-24)28(27(39-31)26(32)21-34-2)35-18-23-12-6-3-7-13-23/h3-17,26-31H,18-21H2,1-2H3/t26-,27?,28?,29?,30?,31?/m0/s1. The zero-order chi connectivity index (χ0) is 27.5. The summed E-state index contributed by atoms with van der Waals surface area (Å²) < 4.78 is 51.2. The Labute approximate surface area is 228 Å². The van der Waals surface area contributed by atoms with E-state index in [9.17, 15) is 4.79 Å². The van der Waals surface area contributed by atoms with Gasteiger partial charge in [0.15, 0.2) is 6.17 Å². The van der Waals surface area contributed by atoms with E-state index in [1.165, 1.54) is 14.0 Å². The van der Waals surface area contributed by atoms with Crippen LogP contribution in [-0.2, 0) is 53.0 Å². The van der Waals surface area contributed by atoms with Crippen molar-refractivity contribution in [1.29, 1.82) is 0 Å². The minimum Gasteiger partial charge on any atom is -0.433 e. The first kappa shape index (κ1) is 28.9. The van der Waals surface area contributed by atoms with Crippen LogP contribution in [0.3, 0.4) is 0 Å². The second kappa shape index (κ2) is 14.9. The average molecular weight is 539 g/mol. The number of methoxy groups -OCH3 is 1. The number of benzene rings is 3. The van der Waals surface area contributed by atoms with Gasteiger partial charge in [0.1, 0.15) is 24.4 Å². The Kier molecular flexibility index (Phi) is 11.0. The molecule has 1 heterocycles. The van der Waals surface area contributed by atoms with Gasteiger partial charge >= 0.3 is 5.97 Å². The van der Waals surface area contributed by atoms with Gasteiger partial charge in [-0.25, -0.2) is 4.39 Å². The van der Waals surface area contributed by atoms with Gasteiger partial charge in [-0.15, -0.1) is 0 Å². The Morgan fingerprint density at radius 2 is 1.18 bits per heavy atom. The molecular formula is C31H35FO7. The van der Waals surface area contributed by atoms with Gasteiger partial charge in [-0.2, -0.15) is 0 Å². The first-order chi connectivity index (χ1) is 19.0. The quantitative estimate of drug-likeness (QED) is 0.283. The molecule has 0 radical (unpaired) electrons. The minimum absolute atomic E-state index is 0.194. The van der Waals surface area contributed by atoms with E-state index in [4.69, 9.17) is 28.4 Å². The molecule has 0 saturated carbocycles. The molecule has 3 aromatic rings. The highest BCUT2D eigenvalue weighted by Crippen LogP contribution is 2.33. The lowest BCUT2D eigenvalue weighted by Crippen LogP contribution is -2.63. The van der Waals surface area contributed by atoms with Gasteiger partial charge in [0, 0.05) is 14.0 Å². The molecule has 39 heavy (non-hydrogen) atoms. The number of carbonyl (C=O) groups excluding carboxylic acids is 1. The van der Waals surface area contributed by atoms with Gasteiger partial charge in [0.05, 0.1) is 26.4 Å². The molecule has 5 unspecified atom stereocenters. The number of hydrogen-bond acceptors (Lipinski definition) is 7. The van der Waals surface area contributed by atoms with Crippen molar-refractivity contribution in [3.8, 4) is 0 Å². The van der Waals surface area contributed by atoms with Crippen LogP contribution in [0.15, 0.2) is 91.0 Å². The first-order valence-corrected chi connectivity index (χ1v) is 13.0. The second-order valence-corrected chi connectivity index (χ2v) is 9.33. The van der Waals surface area contributed by atoms with Crippen LogP contribution in [0.1, 0.15) is 23.6 Å². The van der Waals surface area contributed by atoms with Crippen LogP contribution in [0.4, 0.5) is 4.39 Å². The Morgan fingerprint density at radius 3 is 1.62 bits per heavy atom. The van der Waals surface area contributed by atoms with Crippen molar-refractivity contribution in [3.05, 3.63) is 108 Å². The Hall–Kier alpha value is -3.14. The number of esters is 1. The molecule has 208 valence electrons. The van der Waals surface area contributed by atoms with Gasteiger partial charge < -0.3 is 28.4 Å². The Morgan fingerprint density at radius 1 is 0.744 bits per heavy atom. The fourth-order valence-corrected chi connectivity index (χ4v) is 4.49. The lowest BCUT2D eigenvalue weighted by molar-refractivity contribution is -0.323. The Bertz CT molecular complexity index is 1120. The predicted molar refractivity (Wildman–Crippen MR) is 142 cm³/mol. The van der Waals surface area contributed by atoms with Gasteiger partial charge in [0.25, 0.3) is 0 Å². The number of ether oxygens (including phenoxy) is 6. The summed E-state index contributed by atoms with van der Waals surface area (Å²) in [4.78, 5) is 12.1. The fourth-order valence-electron chi connectivity index (χ4n) is 4.49. The summed E-state index contributed by atoms with van der Waals surface area (Å²) in [7, 11) is 1.41. The molecule has 1 aliphatic heterocycles. The van der Waals surface area contributed by atoms with Gasteiger partial charge in [0.2, 0.25) is 6.29 Å². The molecule has 0 aliphatic carbocycles. The third-order valence-electron chi connectivity index (χ3n) is 6.35. The minimum atomic E-state index is -1.58. The SMILES string of the molecule is COC[C@H](F)C1OC(OC(C)=O)C(OCc2ccccc2)C(OCc2ccccc2)C1OCc1ccccc1. The van der Waals surface area contributed by atoms with E-state index in [1.54, 1.807) is 0 Å². The van der Waals surface area contributed by atoms with Crippen LogP contribution in [-0.4, -0.2) is 56.6 Å². The molecule has 0 N–H and O–H groups in total. The third-order valence-corrected chi connectivity index (χ3v) is 6.35. The fraction of sp³-hybridized carbons (Fsp3) is 0.387. The van der Waals surface area contributed by atoms with Crippen LogP contribution in [0.5, 0.6) is 0 Å². The highest BCUT2D eigenvalue weighted by molar-refractivity contribution is 5.66. The van der Waals surface area contributed by atoms with Crippen LogP contribution >= 0.6 is 0 Å². The van der Waals surface area contributed by atoms with Crippen molar-refractivity contribution < 1.29 is 37.6 Å². The maximum Gasteiger partial charge on any atom is 0.305 e.